The van der Waals surface area contributed by atoms with Crippen LogP contribution < -0.4 is 4.90 Å². The fourth-order valence-corrected chi connectivity index (χ4v) is 10.8. The molecule has 0 fully saturated rings. The van der Waals surface area contributed by atoms with E-state index in [1.165, 1.54) is 77.4 Å². The Labute approximate surface area is 431 Å². The zero-order valence-electron chi connectivity index (χ0n) is 41.0. The molecule has 2 heterocycles. The number of hydrogen-bond acceptors (Lipinski definition) is 3. The number of rotatable bonds is 11. The number of aryl methyl sites for hydroxylation is 1. The molecule has 4 heteroatoms. The first-order valence-electron chi connectivity index (χ1n) is 25.3. The van der Waals surface area contributed by atoms with Gasteiger partial charge in [0.1, 0.15) is 5.82 Å². The minimum Gasteiger partial charge on any atom is -0.337 e. The van der Waals surface area contributed by atoms with Crippen LogP contribution in [0.3, 0.4) is 0 Å². The fraction of sp³-hybridized carbons (Fsp3) is 0.0286. The largest absolute Gasteiger partial charge is 0.337 e. The van der Waals surface area contributed by atoms with Crippen molar-refractivity contribution in [3.63, 3.8) is 0 Å². The van der Waals surface area contributed by atoms with Crippen LogP contribution in [0, 0.1) is 6.92 Å². The number of para-hydroxylation sites is 2. The van der Waals surface area contributed by atoms with E-state index in [4.69, 9.17) is 9.97 Å². The van der Waals surface area contributed by atoms with Crippen LogP contribution in [-0.2, 0) is 6.54 Å². The molecule has 74 heavy (non-hydrogen) atoms. The van der Waals surface area contributed by atoms with E-state index in [1.807, 2.05) is 6.07 Å². The van der Waals surface area contributed by atoms with Crippen molar-refractivity contribution in [3.8, 4) is 73.0 Å². The van der Waals surface area contributed by atoms with Gasteiger partial charge in [0.15, 0.2) is 0 Å². The smallest absolute Gasteiger partial charge is 0.145 e. The number of anilines is 2. The second kappa shape index (κ2) is 19.2. The molecule has 0 spiro atoms. The zero-order valence-corrected chi connectivity index (χ0v) is 41.0. The summed E-state index contributed by atoms with van der Waals surface area (Å²) in [6.07, 6.45) is 0. The third-order valence-electron chi connectivity index (χ3n) is 14.4. The van der Waals surface area contributed by atoms with Crippen molar-refractivity contribution in [1.29, 1.82) is 0 Å². The summed E-state index contributed by atoms with van der Waals surface area (Å²) in [6.45, 7) is 3.01. The highest BCUT2D eigenvalue weighted by Gasteiger charge is 2.21. The van der Waals surface area contributed by atoms with Gasteiger partial charge in [-0.1, -0.05) is 200 Å². The molecule has 0 unspecified atom stereocenters. The van der Waals surface area contributed by atoms with Crippen LogP contribution in [0.1, 0.15) is 11.1 Å². The van der Waals surface area contributed by atoms with Crippen LogP contribution in [0.5, 0.6) is 0 Å². The normalized spacial score (nSPS) is 11.4. The van der Waals surface area contributed by atoms with Gasteiger partial charge in [-0.05, 0) is 146 Å². The molecule has 0 radical (unpaired) electrons. The van der Waals surface area contributed by atoms with Crippen molar-refractivity contribution in [2.24, 2.45) is 0 Å². The van der Waals surface area contributed by atoms with E-state index in [-0.39, 0.29) is 0 Å². The van der Waals surface area contributed by atoms with Gasteiger partial charge in [0, 0.05) is 40.3 Å². The van der Waals surface area contributed by atoms with Crippen LogP contribution in [0.2, 0.25) is 0 Å². The van der Waals surface area contributed by atoms with E-state index in [0.717, 1.165) is 57.2 Å². The molecule has 0 amide bonds. The van der Waals surface area contributed by atoms with Crippen LogP contribution in [0.25, 0.3) is 106 Å². The van der Waals surface area contributed by atoms with Gasteiger partial charge >= 0.3 is 0 Å². The standard InChI is InChI=1S/C70H50N4/c1-48-43-53(37-41-66(48)73(57-29-16-6-17-30-57)47-49-21-8-2-9-22-49)54-35-39-59-61(44-54)68(50-23-10-3-11-24-50)60-40-36-55(45-62(60)69(59)51-25-12-4-13-26-51)63-33-20-34-64(71-63)56-38-42-67-65(46-56)72-70(52-27-14-5-15-28-52)74(67)58-31-18-7-19-32-58/h2-46H,47H2,1H3. The van der Waals surface area contributed by atoms with Crippen LogP contribution >= 0.6 is 0 Å². The molecule has 2 aromatic heterocycles. The van der Waals surface area contributed by atoms with E-state index < -0.39 is 0 Å². The van der Waals surface area contributed by atoms with Crippen molar-refractivity contribution in [1.82, 2.24) is 14.5 Å². The molecule has 0 aliphatic heterocycles. The Hall–Kier alpha value is -9.64. The van der Waals surface area contributed by atoms with Crippen LogP contribution in [-0.4, -0.2) is 14.5 Å². The lowest BCUT2D eigenvalue weighted by Crippen LogP contribution is -2.17. The van der Waals surface area contributed by atoms with Gasteiger partial charge in [-0.2, -0.15) is 0 Å². The molecule has 0 saturated heterocycles. The maximum atomic E-state index is 5.39. The number of benzene rings is 11. The topological polar surface area (TPSA) is 34.0 Å². The third-order valence-corrected chi connectivity index (χ3v) is 14.4. The minimum absolute atomic E-state index is 0.773. The molecule has 0 N–H and O–H groups in total. The number of aromatic nitrogens is 3. The van der Waals surface area contributed by atoms with Gasteiger partial charge in [-0.25, -0.2) is 9.97 Å². The molecule has 4 nitrogen and oxygen atoms in total. The summed E-state index contributed by atoms with van der Waals surface area (Å²) in [4.78, 5) is 13.1. The summed E-state index contributed by atoms with van der Waals surface area (Å²) in [6, 6.07) is 97.9. The summed E-state index contributed by atoms with van der Waals surface area (Å²) in [5.74, 6) is 0.907. The predicted octanol–water partition coefficient (Wildman–Crippen LogP) is 18.4. The van der Waals surface area contributed by atoms with E-state index in [1.54, 1.807) is 0 Å². The molecular weight excluding hydrogens is 897 g/mol. The lowest BCUT2D eigenvalue weighted by atomic mass is 9.84. The quantitative estimate of drug-likeness (QED) is 0.121. The highest BCUT2D eigenvalue weighted by Crippen LogP contribution is 2.46. The first-order valence-corrected chi connectivity index (χ1v) is 25.3. The molecule has 13 aromatic rings. The van der Waals surface area contributed by atoms with Gasteiger partial charge < -0.3 is 4.90 Å². The molecule has 13 rings (SSSR count). The van der Waals surface area contributed by atoms with Crippen molar-refractivity contribution in [3.05, 3.63) is 284 Å². The number of pyridine rings is 1. The highest BCUT2D eigenvalue weighted by atomic mass is 15.1. The second-order valence-corrected chi connectivity index (χ2v) is 19.0. The predicted molar refractivity (Wildman–Crippen MR) is 310 cm³/mol. The van der Waals surface area contributed by atoms with Crippen molar-refractivity contribution < 1.29 is 0 Å². The third kappa shape index (κ3) is 8.28. The molecule has 11 aromatic carbocycles. The average molecular weight is 947 g/mol. The molecule has 0 bridgehead atoms. The fourth-order valence-electron chi connectivity index (χ4n) is 10.8. The van der Waals surface area contributed by atoms with Crippen LogP contribution in [0.4, 0.5) is 11.4 Å². The summed E-state index contributed by atoms with van der Waals surface area (Å²) in [5, 5.41) is 4.79. The maximum absolute atomic E-state index is 5.39. The lowest BCUT2D eigenvalue weighted by Gasteiger charge is -2.27. The van der Waals surface area contributed by atoms with Gasteiger partial charge in [0.05, 0.1) is 22.4 Å². The number of hydrogen-bond donors (Lipinski definition) is 0. The van der Waals surface area contributed by atoms with Gasteiger partial charge in [0.25, 0.3) is 0 Å². The average Bonchev–Trinajstić information content (AvgIpc) is 3.90. The Morgan fingerprint density at radius 3 is 1.46 bits per heavy atom. The molecular formula is C70H50N4. The van der Waals surface area contributed by atoms with Gasteiger partial charge in [0.2, 0.25) is 0 Å². The lowest BCUT2D eigenvalue weighted by molar-refractivity contribution is 0.969. The van der Waals surface area contributed by atoms with Crippen molar-refractivity contribution in [2.75, 3.05) is 4.90 Å². The van der Waals surface area contributed by atoms with E-state index >= 15 is 0 Å². The first kappa shape index (κ1) is 44.3. The van der Waals surface area contributed by atoms with E-state index in [0.29, 0.717) is 0 Å². The number of imidazole rings is 1. The molecule has 350 valence electrons. The Bertz CT molecular complexity index is 4140. The number of fused-ring (bicyclic) bond motifs is 3. The van der Waals surface area contributed by atoms with Crippen molar-refractivity contribution >= 4 is 44.0 Å². The summed E-state index contributed by atoms with van der Waals surface area (Å²) in [7, 11) is 0. The summed E-state index contributed by atoms with van der Waals surface area (Å²) < 4.78 is 2.25. The molecule has 0 saturated carbocycles. The Morgan fingerprint density at radius 2 is 0.851 bits per heavy atom. The minimum atomic E-state index is 0.773. The highest BCUT2D eigenvalue weighted by molar-refractivity contribution is 6.22. The monoisotopic (exact) mass is 946 g/mol. The zero-order chi connectivity index (χ0) is 49.4. The first-order chi connectivity index (χ1) is 36.6. The van der Waals surface area contributed by atoms with Gasteiger partial charge in [-0.3, -0.25) is 4.57 Å². The van der Waals surface area contributed by atoms with Crippen molar-refractivity contribution in [2.45, 2.75) is 13.5 Å². The van der Waals surface area contributed by atoms with Gasteiger partial charge in [-0.15, -0.1) is 0 Å². The molecule has 0 atom stereocenters. The Morgan fingerprint density at radius 1 is 0.365 bits per heavy atom. The molecule has 0 aliphatic rings. The SMILES string of the molecule is Cc1cc(-c2ccc3c(-c4ccccc4)c4cc(-c5cccc(-c6ccc7c(c6)nc(-c6ccccc6)n7-c6ccccc6)n5)ccc4c(-c4ccccc4)c3c2)ccc1N(Cc1ccccc1)c1ccccc1. The van der Waals surface area contributed by atoms with E-state index in [9.17, 15) is 0 Å². The second-order valence-electron chi connectivity index (χ2n) is 19.0. The Kier molecular flexibility index (Phi) is 11.5. The summed E-state index contributed by atoms with van der Waals surface area (Å²) >= 11 is 0. The summed E-state index contributed by atoms with van der Waals surface area (Å²) in [5.41, 5.74) is 20.0. The van der Waals surface area contributed by atoms with E-state index in [2.05, 4.69) is 283 Å². The number of nitrogens with zero attached hydrogens (tertiary/aromatic N) is 4. The Balaban J connectivity index is 0.934. The maximum Gasteiger partial charge on any atom is 0.145 e. The molecule has 0 aliphatic carbocycles. The van der Waals surface area contributed by atoms with Crippen LogP contribution in [0.15, 0.2) is 273 Å².